The summed E-state index contributed by atoms with van der Waals surface area (Å²) >= 11 is 0. The number of amides is 4. The predicted molar refractivity (Wildman–Crippen MR) is 106 cm³/mol. The second kappa shape index (κ2) is 9.23. The lowest BCUT2D eigenvalue weighted by molar-refractivity contribution is 0.00161. The predicted octanol–water partition coefficient (Wildman–Crippen LogP) is 3.48. The number of rotatable bonds is 6. The van der Waals surface area contributed by atoms with Crippen LogP contribution in [0, 0.1) is 12.7 Å². The standard InChI is InChI=1S/C20H29FN4O3/c1-3-10-24(13-15-6-4-5-12-28-15)20(27)23-17-8-7-16(21)18(14(17)2)25-11-9-22-19(25)26/h7-8,15H,3-6,9-13H2,1-2H3,(H,22,26)(H,23,27). The number of anilines is 2. The number of urea groups is 2. The van der Waals surface area contributed by atoms with Crippen LogP contribution in [0.2, 0.25) is 0 Å². The summed E-state index contributed by atoms with van der Waals surface area (Å²) in [5, 5.41) is 5.57. The van der Waals surface area contributed by atoms with Crippen LogP contribution in [-0.4, -0.2) is 55.9 Å². The molecule has 0 spiro atoms. The normalized spacial score (nSPS) is 19.5. The molecule has 0 bridgehead atoms. The van der Waals surface area contributed by atoms with Crippen LogP contribution in [0.25, 0.3) is 0 Å². The monoisotopic (exact) mass is 392 g/mol. The summed E-state index contributed by atoms with van der Waals surface area (Å²) in [6.07, 6.45) is 4.03. The van der Waals surface area contributed by atoms with Gasteiger partial charge in [0.2, 0.25) is 0 Å². The second-order valence-corrected chi connectivity index (χ2v) is 7.32. The van der Waals surface area contributed by atoms with E-state index in [0.29, 0.717) is 37.4 Å². The molecule has 8 heteroatoms. The fourth-order valence-corrected chi connectivity index (χ4v) is 3.76. The molecule has 2 N–H and O–H groups in total. The molecule has 28 heavy (non-hydrogen) atoms. The average Bonchev–Trinajstić information content (AvgIpc) is 3.10. The summed E-state index contributed by atoms with van der Waals surface area (Å²) < 4.78 is 20.2. The van der Waals surface area contributed by atoms with Crippen molar-refractivity contribution in [2.45, 2.75) is 45.6 Å². The second-order valence-electron chi connectivity index (χ2n) is 7.32. The van der Waals surface area contributed by atoms with Crippen LogP contribution < -0.4 is 15.5 Å². The van der Waals surface area contributed by atoms with Crippen LogP contribution in [0.15, 0.2) is 12.1 Å². The Hall–Kier alpha value is -2.35. The molecule has 0 radical (unpaired) electrons. The van der Waals surface area contributed by atoms with Crippen molar-refractivity contribution in [1.82, 2.24) is 10.2 Å². The first-order chi connectivity index (χ1) is 13.5. The van der Waals surface area contributed by atoms with E-state index in [4.69, 9.17) is 4.74 Å². The third-order valence-corrected chi connectivity index (χ3v) is 5.23. The Morgan fingerprint density at radius 3 is 2.89 bits per heavy atom. The molecule has 1 atom stereocenters. The van der Waals surface area contributed by atoms with Gasteiger partial charge in [0.25, 0.3) is 0 Å². The Morgan fingerprint density at radius 1 is 1.43 bits per heavy atom. The van der Waals surface area contributed by atoms with Gasteiger partial charge in [-0.2, -0.15) is 0 Å². The highest BCUT2D eigenvalue weighted by Crippen LogP contribution is 2.31. The van der Waals surface area contributed by atoms with E-state index in [1.807, 2.05) is 6.92 Å². The average molecular weight is 392 g/mol. The molecule has 154 valence electrons. The molecular formula is C20H29FN4O3. The molecular weight excluding hydrogens is 363 g/mol. The van der Waals surface area contributed by atoms with E-state index in [1.54, 1.807) is 17.9 Å². The van der Waals surface area contributed by atoms with Gasteiger partial charge >= 0.3 is 12.1 Å². The fraction of sp³-hybridized carbons (Fsp3) is 0.600. The molecule has 0 saturated carbocycles. The summed E-state index contributed by atoms with van der Waals surface area (Å²) in [4.78, 5) is 28.0. The maximum atomic E-state index is 14.4. The van der Waals surface area contributed by atoms with E-state index < -0.39 is 5.82 Å². The Bertz CT molecular complexity index is 722. The minimum Gasteiger partial charge on any atom is -0.376 e. The largest absolute Gasteiger partial charge is 0.376 e. The number of nitrogens with zero attached hydrogens (tertiary/aromatic N) is 2. The topological polar surface area (TPSA) is 73.9 Å². The molecule has 0 aliphatic carbocycles. The first-order valence-corrected chi connectivity index (χ1v) is 10.0. The quantitative estimate of drug-likeness (QED) is 0.778. The molecule has 7 nitrogen and oxygen atoms in total. The van der Waals surface area contributed by atoms with E-state index in [-0.39, 0.29) is 23.9 Å². The number of halogens is 1. The van der Waals surface area contributed by atoms with Crippen molar-refractivity contribution in [3.8, 4) is 0 Å². The summed E-state index contributed by atoms with van der Waals surface area (Å²) in [6.45, 7) is 6.51. The number of carbonyl (C=O) groups is 2. The van der Waals surface area contributed by atoms with E-state index in [1.165, 1.54) is 11.0 Å². The van der Waals surface area contributed by atoms with E-state index in [0.717, 1.165) is 32.3 Å². The van der Waals surface area contributed by atoms with E-state index in [9.17, 15) is 14.0 Å². The van der Waals surface area contributed by atoms with Gasteiger partial charge in [0.05, 0.1) is 11.8 Å². The van der Waals surface area contributed by atoms with E-state index >= 15 is 0 Å². The van der Waals surface area contributed by atoms with Crippen LogP contribution in [0.5, 0.6) is 0 Å². The van der Waals surface area contributed by atoms with Crippen molar-refractivity contribution in [1.29, 1.82) is 0 Å². The molecule has 3 rings (SSSR count). The molecule has 0 aromatic heterocycles. The maximum Gasteiger partial charge on any atom is 0.322 e. The van der Waals surface area contributed by atoms with Gasteiger partial charge in [-0.25, -0.2) is 14.0 Å². The Labute approximate surface area is 165 Å². The number of nitrogens with one attached hydrogen (secondary N) is 2. The highest BCUT2D eigenvalue weighted by molar-refractivity contribution is 5.97. The first kappa shape index (κ1) is 20.4. The third kappa shape index (κ3) is 4.55. The zero-order chi connectivity index (χ0) is 20.1. The van der Waals surface area contributed by atoms with Gasteiger partial charge in [-0.05, 0) is 50.3 Å². The zero-order valence-electron chi connectivity index (χ0n) is 16.6. The third-order valence-electron chi connectivity index (χ3n) is 5.23. The van der Waals surface area contributed by atoms with Crippen molar-refractivity contribution in [3.05, 3.63) is 23.5 Å². The number of hydrogen-bond acceptors (Lipinski definition) is 3. The smallest absolute Gasteiger partial charge is 0.322 e. The lowest BCUT2D eigenvalue weighted by Gasteiger charge is -2.30. The van der Waals surface area contributed by atoms with Crippen LogP contribution in [0.4, 0.5) is 25.4 Å². The van der Waals surface area contributed by atoms with Crippen molar-refractivity contribution in [2.24, 2.45) is 0 Å². The molecule has 1 aromatic rings. The molecule has 4 amide bonds. The zero-order valence-corrected chi connectivity index (χ0v) is 16.6. The maximum absolute atomic E-state index is 14.4. The first-order valence-electron chi connectivity index (χ1n) is 10.0. The number of benzene rings is 1. The van der Waals surface area contributed by atoms with E-state index in [2.05, 4.69) is 10.6 Å². The number of ether oxygens (including phenoxy) is 1. The summed E-state index contributed by atoms with van der Waals surface area (Å²) in [7, 11) is 0. The van der Waals surface area contributed by atoms with Crippen LogP contribution in [0.3, 0.4) is 0 Å². The van der Waals surface area contributed by atoms with Crippen LogP contribution >= 0.6 is 0 Å². The van der Waals surface area contributed by atoms with Gasteiger partial charge in [0.15, 0.2) is 0 Å². The van der Waals surface area contributed by atoms with Crippen molar-refractivity contribution < 1.29 is 18.7 Å². The molecule has 1 unspecified atom stereocenters. The van der Waals surface area contributed by atoms with Crippen LogP contribution in [-0.2, 0) is 4.74 Å². The van der Waals surface area contributed by atoms with Gasteiger partial charge in [0.1, 0.15) is 5.82 Å². The van der Waals surface area contributed by atoms with Gasteiger partial charge < -0.3 is 20.3 Å². The Balaban J connectivity index is 1.75. The van der Waals surface area contributed by atoms with Crippen molar-refractivity contribution in [3.63, 3.8) is 0 Å². The number of carbonyl (C=O) groups excluding carboxylic acids is 2. The molecule has 1 aromatic carbocycles. The Morgan fingerprint density at radius 2 is 2.25 bits per heavy atom. The minimum absolute atomic E-state index is 0.0595. The highest BCUT2D eigenvalue weighted by Gasteiger charge is 2.27. The van der Waals surface area contributed by atoms with Crippen LogP contribution in [0.1, 0.15) is 38.2 Å². The number of hydrogen-bond donors (Lipinski definition) is 2. The molecule has 2 aliphatic heterocycles. The molecule has 2 fully saturated rings. The summed E-state index contributed by atoms with van der Waals surface area (Å²) in [5.41, 5.74) is 1.26. The molecule has 2 aliphatic rings. The van der Waals surface area contributed by atoms with Gasteiger partial charge in [-0.15, -0.1) is 0 Å². The van der Waals surface area contributed by atoms with Gasteiger partial charge in [-0.1, -0.05) is 6.92 Å². The summed E-state index contributed by atoms with van der Waals surface area (Å²) in [5.74, 6) is -0.478. The van der Waals surface area contributed by atoms with Gasteiger partial charge in [-0.3, -0.25) is 4.90 Å². The summed E-state index contributed by atoms with van der Waals surface area (Å²) in [6, 6.07) is 2.27. The van der Waals surface area contributed by atoms with Crippen molar-refractivity contribution in [2.75, 3.05) is 43.0 Å². The highest BCUT2D eigenvalue weighted by atomic mass is 19.1. The molecule has 2 heterocycles. The Kier molecular flexibility index (Phi) is 6.72. The lowest BCUT2D eigenvalue weighted by Crippen LogP contribution is -2.42. The lowest BCUT2D eigenvalue weighted by atomic mass is 10.1. The van der Waals surface area contributed by atoms with Gasteiger partial charge in [0, 0.05) is 38.5 Å². The molecule has 2 saturated heterocycles. The fourth-order valence-electron chi connectivity index (χ4n) is 3.76. The SMILES string of the molecule is CCCN(CC1CCCCO1)C(=O)Nc1ccc(F)c(N2CCNC2=O)c1C. The minimum atomic E-state index is -0.478. The van der Waals surface area contributed by atoms with Crippen molar-refractivity contribution >= 4 is 23.4 Å².